The fourth-order valence-electron chi connectivity index (χ4n) is 4.95. The topological polar surface area (TPSA) is 47.0 Å². The first kappa shape index (κ1) is 21.1. The van der Waals surface area contributed by atoms with Crippen molar-refractivity contribution in [1.29, 1.82) is 0 Å². The van der Waals surface area contributed by atoms with Crippen LogP contribution in [-0.4, -0.2) is 41.8 Å². The first-order valence-electron chi connectivity index (χ1n) is 11.3. The minimum absolute atomic E-state index is 0.209. The summed E-state index contributed by atoms with van der Waals surface area (Å²) < 4.78 is 4.46. The van der Waals surface area contributed by atoms with Crippen molar-refractivity contribution in [3.63, 3.8) is 0 Å². The largest absolute Gasteiger partial charge is 0.354 e. The van der Waals surface area contributed by atoms with Gasteiger partial charge in [0.05, 0.1) is 24.5 Å². The number of hydrogen-bond acceptors (Lipinski definition) is 5. The molecule has 0 amide bonds. The SMILES string of the molecule is O=C1CCN([C@H](c2ccccc2)[P+]2(O)N(c3ccccc3)CCN2c2ccccc2)CC1. The Bertz CT molecular complexity index is 991. The van der Waals surface area contributed by atoms with Crippen molar-refractivity contribution in [2.75, 3.05) is 35.5 Å². The van der Waals surface area contributed by atoms with Gasteiger partial charge in [0.25, 0.3) is 0 Å². The van der Waals surface area contributed by atoms with E-state index in [1.165, 1.54) is 0 Å². The van der Waals surface area contributed by atoms with E-state index < -0.39 is 7.79 Å². The molecule has 0 aromatic heterocycles. The number of anilines is 2. The molecule has 0 aliphatic carbocycles. The molecule has 164 valence electrons. The minimum atomic E-state index is -2.92. The van der Waals surface area contributed by atoms with Gasteiger partial charge in [0.2, 0.25) is 5.78 Å². The number of Topliss-reactive ketones (excluding diaryl/α,β-unsaturated/α-hetero) is 1. The number of ketones is 1. The third kappa shape index (κ3) is 3.81. The molecule has 2 aliphatic rings. The summed E-state index contributed by atoms with van der Waals surface area (Å²) in [5.74, 6) is 0.101. The Morgan fingerprint density at radius 2 is 1.09 bits per heavy atom. The van der Waals surface area contributed by atoms with Gasteiger partial charge >= 0.3 is 7.79 Å². The third-order valence-corrected chi connectivity index (χ3v) is 10.0. The number of carbonyl (C=O) groups is 1. The van der Waals surface area contributed by atoms with Crippen LogP contribution in [0, 0.1) is 0 Å². The Labute approximate surface area is 190 Å². The molecule has 5 rings (SSSR count). The van der Waals surface area contributed by atoms with E-state index in [1.54, 1.807) is 0 Å². The van der Waals surface area contributed by atoms with Crippen molar-refractivity contribution in [2.45, 2.75) is 18.6 Å². The highest BCUT2D eigenvalue weighted by Gasteiger charge is 2.64. The van der Waals surface area contributed by atoms with E-state index in [2.05, 4.69) is 50.6 Å². The van der Waals surface area contributed by atoms with Crippen LogP contribution in [0.5, 0.6) is 0 Å². The lowest BCUT2D eigenvalue weighted by Crippen LogP contribution is -2.42. The second kappa shape index (κ2) is 9.03. The number of piperidine rings is 1. The molecule has 1 atom stereocenters. The van der Waals surface area contributed by atoms with Crippen molar-refractivity contribution in [3.8, 4) is 0 Å². The number of rotatable bonds is 5. The first-order chi connectivity index (χ1) is 15.7. The van der Waals surface area contributed by atoms with Crippen molar-refractivity contribution in [1.82, 2.24) is 4.90 Å². The first-order valence-corrected chi connectivity index (χ1v) is 13.0. The van der Waals surface area contributed by atoms with Crippen LogP contribution in [0.15, 0.2) is 91.0 Å². The molecule has 2 heterocycles. The average molecular weight is 447 g/mol. The highest BCUT2D eigenvalue weighted by Crippen LogP contribution is 2.75. The van der Waals surface area contributed by atoms with E-state index in [0.717, 1.165) is 30.0 Å². The summed E-state index contributed by atoms with van der Waals surface area (Å²) in [7, 11) is -2.92. The third-order valence-electron chi connectivity index (χ3n) is 6.47. The van der Waals surface area contributed by atoms with Crippen LogP contribution in [0.4, 0.5) is 11.4 Å². The Kier molecular flexibility index (Phi) is 5.97. The lowest BCUT2D eigenvalue weighted by Gasteiger charge is -2.42. The Morgan fingerprint density at radius 3 is 1.56 bits per heavy atom. The van der Waals surface area contributed by atoms with Gasteiger partial charge in [-0.15, -0.1) is 0 Å². The number of para-hydroxylation sites is 2. The molecule has 2 fully saturated rings. The van der Waals surface area contributed by atoms with E-state index >= 15 is 0 Å². The van der Waals surface area contributed by atoms with Crippen molar-refractivity contribution >= 4 is 24.9 Å². The average Bonchev–Trinajstić information content (AvgIpc) is 3.19. The molecule has 0 saturated carbocycles. The summed E-state index contributed by atoms with van der Waals surface area (Å²) in [6, 6.07) is 30.8. The molecule has 0 spiro atoms. The second-order valence-corrected chi connectivity index (χ2v) is 11.1. The lowest BCUT2D eigenvalue weighted by atomic mass is 10.1. The second-order valence-electron chi connectivity index (χ2n) is 8.39. The van der Waals surface area contributed by atoms with Crippen LogP contribution in [0.3, 0.4) is 0 Å². The van der Waals surface area contributed by atoms with Gasteiger partial charge in [-0.1, -0.05) is 66.7 Å². The molecular formula is C26H29N3O2P+. The summed E-state index contributed by atoms with van der Waals surface area (Å²) in [6.45, 7) is 2.84. The van der Waals surface area contributed by atoms with Crippen LogP contribution in [-0.2, 0) is 4.79 Å². The van der Waals surface area contributed by atoms with Gasteiger partial charge < -0.3 is 0 Å². The quantitative estimate of drug-likeness (QED) is 0.551. The maximum absolute atomic E-state index is 12.9. The van der Waals surface area contributed by atoms with Gasteiger partial charge in [0.1, 0.15) is 5.78 Å². The number of nitrogens with zero attached hydrogens (tertiary/aromatic N) is 3. The van der Waals surface area contributed by atoms with Gasteiger partial charge in [0, 0.05) is 31.5 Å². The monoisotopic (exact) mass is 446 g/mol. The van der Waals surface area contributed by atoms with Crippen LogP contribution < -0.4 is 9.34 Å². The normalized spacial score (nSPS) is 19.8. The van der Waals surface area contributed by atoms with Crippen LogP contribution >= 0.6 is 7.79 Å². The minimum Gasteiger partial charge on any atom is -0.300 e. The zero-order chi connectivity index (χ0) is 22.0. The Balaban J connectivity index is 1.66. The fraction of sp³-hybridized carbons (Fsp3) is 0.269. The molecule has 2 aliphatic heterocycles. The maximum Gasteiger partial charge on any atom is 0.354 e. The van der Waals surface area contributed by atoms with Gasteiger partial charge in [-0.05, 0) is 24.3 Å². The molecule has 5 nitrogen and oxygen atoms in total. The van der Waals surface area contributed by atoms with Crippen LogP contribution in [0.1, 0.15) is 24.2 Å². The smallest absolute Gasteiger partial charge is 0.300 e. The molecule has 0 bridgehead atoms. The van der Waals surface area contributed by atoms with Crippen molar-refractivity contribution in [3.05, 3.63) is 96.6 Å². The van der Waals surface area contributed by atoms with E-state index in [-0.39, 0.29) is 5.78 Å². The Hall–Kier alpha value is -2.72. The molecular weight excluding hydrogens is 417 g/mol. The standard InChI is InChI=1S/C26H29N3O2P/c30-25-16-18-27(19-17-25)26(22-10-4-1-5-11-22)32(31)28(23-12-6-2-7-13-23)20-21-29(32)24-14-8-3-9-15-24/h1-15,26,31H,16-21H2/q+1/t26-/m0/s1. The molecule has 2 saturated heterocycles. The molecule has 32 heavy (non-hydrogen) atoms. The fourth-order valence-corrected chi connectivity index (χ4v) is 8.69. The van der Waals surface area contributed by atoms with Gasteiger partial charge in [-0.25, -0.2) is 14.2 Å². The number of carbonyl (C=O) groups excluding carboxylic acids is 1. The number of likely N-dealkylation sites (tertiary alicyclic amines) is 1. The van der Waals surface area contributed by atoms with Crippen molar-refractivity contribution in [2.24, 2.45) is 0 Å². The molecule has 3 aromatic carbocycles. The maximum atomic E-state index is 12.9. The highest BCUT2D eigenvalue weighted by atomic mass is 31.2. The van der Waals surface area contributed by atoms with E-state index in [0.29, 0.717) is 31.7 Å². The molecule has 0 radical (unpaired) electrons. The van der Waals surface area contributed by atoms with E-state index in [9.17, 15) is 9.69 Å². The zero-order valence-electron chi connectivity index (χ0n) is 18.1. The zero-order valence-corrected chi connectivity index (χ0v) is 19.0. The molecule has 0 unspecified atom stereocenters. The lowest BCUT2D eigenvalue weighted by molar-refractivity contribution is -0.121. The van der Waals surface area contributed by atoms with Gasteiger partial charge in [-0.2, -0.15) is 0 Å². The predicted molar refractivity (Wildman–Crippen MR) is 132 cm³/mol. The number of hydrogen-bond donors (Lipinski definition) is 1. The van der Waals surface area contributed by atoms with E-state index in [4.69, 9.17) is 0 Å². The Morgan fingerprint density at radius 1 is 0.656 bits per heavy atom. The van der Waals surface area contributed by atoms with Crippen LogP contribution in [0.25, 0.3) is 0 Å². The predicted octanol–water partition coefficient (Wildman–Crippen LogP) is 5.13. The van der Waals surface area contributed by atoms with Crippen molar-refractivity contribution < 1.29 is 9.69 Å². The van der Waals surface area contributed by atoms with E-state index in [1.807, 2.05) is 54.6 Å². The summed E-state index contributed by atoms with van der Waals surface area (Å²) >= 11 is 0. The summed E-state index contributed by atoms with van der Waals surface area (Å²) in [4.78, 5) is 27.3. The summed E-state index contributed by atoms with van der Waals surface area (Å²) in [6.07, 6.45) is 1.08. The molecule has 6 heteroatoms. The molecule has 3 aromatic rings. The number of benzene rings is 3. The summed E-state index contributed by atoms with van der Waals surface area (Å²) in [5.41, 5.74) is 3.17. The van der Waals surface area contributed by atoms with Crippen LogP contribution in [0.2, 0.25) is 0 Å². The highest BCUT2D eigenvalue weighted by molar-refractivity contribution is 7.74. The van der Waals surface area contributed by atoms with Gasteiger partial charge in [-0.3, -0.25) is 9.69 Å². The van der Waals surface area contributed by atoms with Gasteiger partial charge in [0.15, 0.2) is 0 Å². The summed E-state index contributed by atoms with van der Waals surface area (Å²) in [5, 5.41) is 0. The molecule has 1 N–H and O–H groups in total.